The summed E-state index contributed by atoms with van der Waals surface area (Å²) in [5.74, 6) is -0.208. The molecule has 0 radical (unpaired) electrons. The van der Waals surface area contributed by atoms with Gasteiger partial charge in [-0.15, -0.1) is 11.3 Å². The van der Waals surface area contributed by atoms with E-state index in [0.29, 0.717) is 0 Å². The van der Waals surface area contributed by atoms with Crippen molar-refractivity contribution in [3.8, 4) is 0 Å². The van der Waals surface area contributed by atoms with E-state index >= 15 is 0 Å². The molecule has 4 nitrogen and oxygen atoms in total. The summed E-state index contributed by atoms with van der Waals surface area (Å²) in [6.07, 6.45) is 5.02. The predicted molar refractivity (Wildman–Crippen MR) is 114 cm³/mol. The number of hydrogen-bond acceptors (Lipinski definition) is 4. The molecule has 29 heavy (non-hydrogen) atoms. The topological polar surface area (TPSA) is 45.5 Å². The van der Waals surface area contributed by atoms with Crippen molar-refractivity contribution in [3.63, 3.8) is 0 Å². The minimum atomic E-state index is -0.256. The van der Waals surface area contributed by atoms with Crippen LogP contribution in [0.4, 0.5) is 9.39 Å². The van der Waals surface area contributed by atoms with Crippen molar-refractivity contribution in [2.45, 2.75) is 39.2 Å². The number of piperidine rings is 1. The highest BCUT2D eigenvalue weighted by atomic mass is 32.1. The van der Waals surface area contributed by atoms with Crippen molar-refractivity contribution in [2.75, 3.05) is 18.4 Å². The summed E-state index contributed by atoms with van der Waals surface area (Å²) in [7, 11) is 0. The predicted octanol–water partition coefficient (Wildman–Crippen LogP) is 5.92. The van der Waals surface area contributed by atoms with Crippen molar-refractivity contribution in [3.05, 3.63) is 75.8 Å². The van der Waals surface area contributed by atoms with Crippen molar-refractivity contribution < 1.29 is 13.6 Å². The molecule has 3 heterocycles. The van der Waals surface area contributed by atoms with Gasteiger partial charge in [0.15, 0.2) is 5.76 Å². The first-order chi connectivity index (χ1) is 14.0. The maximum Gasteiger partial charge on any atom is 0.291 e. The molecular formula is C23H25FN2O2S. The summed E-state index contributed by atoms with van der Waals surface area (Å²) in [6.45, 7) is 6.15. The van der Waals surface area contributed by atoms with E-state index in [1.807, 2.05) is 12.1 Å². The zero-order chi connectivity index (χ0) is 20.4. The molecule has 6 heteroatoms. The fourth-order valence-electron chi connectivity index (χ4n) is 4.02. The van der Waals surface area contributed by atoms with Gasteiger partial charge in [0.25, 0.3) is 5.91 Å². The monoisotopic (exact) mass is 412 g/mol. The average molecular weight is 413 g/mol. The number of anilines is 1. The van der Waals surface area contributed by atoms with E-state index in [1.165, 1.54) is 35.3 Å². The number of carbonyl (C=O) groups is 1. The Kier molecular flexibility index (Phi) is 5.83. The van der Waals surface area contributed by atoms with Gasteiger partial charge in [-0.2, -0.15) is 0 Å². The third-order valence-electron chi connectivity index (χ3n) is 5.62. The Labute approximate surface area is 174 Å². The van der Waals surface area contributed by atoms with Crippen LogP contribution in [-0.4, -0.2) is 23.9 Å². The fraction of sp³-hybridized carbons (Fsp3) is 0.348. The third-order valence-corrected chi connectivity index (χ3v) is 6.76. The van der Waals surface area contributed by atoms with Gasteiger partial charge in [-0.25, -0.2) is 4.39 Å². The lowest BCUT2D eigenvalue weighted by Gasteiger charge is -2.36. The molecule has 0 unspecified atom stereocenters. The average Bonchev–Trinajstić information content (AvgIpc) is 3.35. The number of nitrogens with one attached hydrogen (secondary N) is 1. The van der Waals surface area contributed by atoms with Gasteiger partial charge in [0, 0.05) is 10.4 Å². The molecule has 1 saturated heterocycles. The lowest BCUT2D eigenvalue weighted by Crippen LogP contribution is -2.35. The van der Waals surface area contributed by atoms with Crippen LogP contribution in [0.25, 0.3) is 0 Å². The standard InChI is InChI=1S/C23H25FN2O2S/c1-15-16(2)29-23(25-22(27)19-7-6-14-28-19)20(15)21(26-12-4-3-5-13-26)17-8-10-18(24)11-9-17/h6-11,14,21H,3-5,12-13H2,1-2H3,(H,25,27)/t21-/m0/s1. The molecule has 152 valence electrons. The molecule has 1 fully saturated rings. The number of furan rings is 1. The summed E-state index contributed by atoms with van der Waals surface area (Å²) < 4.78 is 18.9. The highest BCUT2D eigenvalue weighted by Gasteiger charge is 2.30. The van der Waals surface area contributed by atoms with Gasteiger partial charge in [0.1, 0.15) is 10.8 Å². The first-order valence-electron chi connectivity index (χ1n) is 9.99. The van der Waals surface area contributed by atoms with E-state index in [4.69, 9.17) is 4.42 Å². The molecule has 0 saturated carbocycles. The van der Waals surface area contributed by atoms with Crippen LogP contribution >= 0.6 is 11.3 Å². The number of aryl methyl sites for hydroxylation is 1. The van der Waals surface area contributed by atoms with E-state index in [-0.39, 0.29) is 23.5 Å². The molecular weight excluding hydrogens is 387 g/mol. The minimum absolute atomic E-state index is 0.0206. The Hall–Kier alpha value is -2.44. The normalized spacial score (nSPS) is 16.0. The number of carbonyl (C=O) groups excluding carboxylic acids is 1. The Bertz CT molecular complexity index is 973. The molecule has 0 bridgehead atoms. The second-order valence-corrected chi connectivity index (χ2v) is 8.73. The van der Waals surface area contributed by atoms with Gasteiger partial charge >= 0.3 is 0 Å². The molecule has 1 amide bonds. The van der Waals surface area contributed by atoms with E-state index in [9.17, 15) is 9.18 Å². The molecule has 1 aliphatic heterocycles. The van der Waals surface area contributed by atoms with Crippen LogP contribution in [0, 0.1) is 19.7 Å². The Balaban J connectivity index is 1.77. The van der Waals surface area contributed by atoms with Gasteiger partial charge in [0.05, 0.1) is 12.3 Å². The van der Waals surface area contributed by atoms with Gasteiger partial charge < -0.3 is 9.73 Å². The molecule has 1 atom stereocenters. The number of halogens is 1. The highest BCUT2D eigenvalue weighted by Crippen LogP contribution is 2.43. The first-order valence-corrected chi connectivity index (χ1v) is 10.8. The smallest absolute Gasteiger partial charge is 0.291 e. The Morgan fingerprint density at radius 2 is 1.86 bits per heavy atom. The van der Waals surface area contributed by atoms with Crippen LogP contribution in [0.2, 0.25) is 0 Å². The maximum absolute atomic E-state index is 13.6. The van der Waals surface area contributed by atoms with Crippen LogP contribution in [0.5, 0.6) is 0 Å². The van der Waals surface area contributed by atoms with Gasteiger partial charge in [-0.1, -0.05) is 18.6 Å². The van der Waals surface area contributed by atoms with Crippen molar-refractivity contribution in [1.29, 1.82) is 0 Å². The zero-order valence-corrected chi connectivity index (χ0v) is 17.5. The molecule has 1 aliphatic rings. The molecule has 1 aromatic carbocycles. The Morgan fingerprint density at radius 1 is 1.14 bits per heavy atom. The van der Waals surface area contributed by atoms with Crippen LogP contribution in [-0.2, 0) is 0 Å². The number of nitrogens with zero attached hydrogens (tertiary/aromatic N) is 1. The lowest BCUT2D eigenvalue weighted by molar-refractivity contribution is 0.0996. The summed E-state index contributed by atoms with van der Waals surface area (Å²) in [6, 6.07) is 10.1. The SMILES string of the molecule is Cc1sc(NC(=O)c2ccco2)c([C@H](c2ccc(F)cc2)N2CCCCC2)c1C. The zero-order valence-electron chi connectivity index (χ0n) is 16.7. The second kappa shape index (κ2) is 8.51. The van der Waals surface area contributed by atoms with Crippen LogP contribution in [0.3, 0.4) is 0 Å². The van der Waals surface area contributed by atoms with E-state index < -0.39 is 0 Å². The van der Waals surface area contributed by atoms with Crippen LogP contribution < -0.4 is 5.32 Å². The quantitative estimate of drug-likeness (QED) is 0.565. The molecule has 0 aliphatic carbocycles. The molecule has 4 rings (SSSR count). The molecule has 1 N–H and O–H groups in total. The number of rotatable bonds is 5. The second-order valence-electron chi connectivity index (χ2n) is 7.51. The van der Waals surface area contributed by atoms with Gasteiger partial charge in [0.2, 0.25) is 0 Å². The van der Waals surface area contributed by atoms with E-state index in [0.717, 1.165) is 42.1 Å². The summed E-state index contributed by atoms with van der Waals surface area (Å²) in [4.78, 5) is 16.3. The summed E-state index contributed by atoms with van der Waals surface area (Å²) in [5, 5.41) is 3.89. The molecule has 3 aromatic rings. The first kappa shape index (κ1) is 19.9. The maximum atomic E-state index is 13.6. The van der Waals surface area contributed by atoms with Crippen molar-refractivity contribution >= 4 is 22.2 Å². The highest BCUT2D eigenvalue weighted by molar-refractivity contribution is 7.16. The minimum Gasteiger partial charge on any atom is -0.459 e. The third kappa shape index (κ3) is 4.14. The number of benzene rings is 1. The van der Waals surface area contributed by atoms with Crippen LogP contribution in [0.15, 0.2) is 47.1 Å². The number of hydrogen-bond donors (Lipinski definition) is 1. The molecule has 2 aromatic heterocycles. The van der Waals surface area contributed by atoms with E-state index in [1.54, 1.807) is 23.5 Å². The lowest BCUT2D eigenvalue weighted by atomic mass is 9.93. The van der Waals surface area contributed by atoms with Crippen LogP contribution in [0.1, 0.15) is 57.4 Å². The van der Waals surface area contributed by atoms with Crippen molar-refractivity contribution in [1.82, 2.24) is 4.90 Å². The van der Waals surface area contributed by atoms with Gasteiger partial charge in [-0.05, 0) is 75.2 Å². The van der Waals surface area contributed by atoms with Gasteiger partial charge in [-0.3, -0.25) is 9.69 Å². The number of likely N-dealkylation sites (tertiary alicyclic amines) is 1. The molecule has 0 spiro atoms. The van der Waals surface area contributed by atoms with Crippen molar-refractivity contribution in [2.24, 2.45) is 0 Å². The number of thiophene rings is 1. The number of amides is 1. The Morgan fingerprint density at radius 3 is 2.52 bits per heavy atom. The van der Waals surface area contributed by atoms with E-state index in [2.05, 4.69) is 24.1 Å². The summed E-state index contributed by atoms with van der Waals surface area (Å²) in [5.41, 5.74) is 3.31. The largest absolute Gasteiger partial charge is 0.459 e. The summed E-state index contributed by atoms with van der Waals surface area (Å²) >= 11 is 1.58. The fourth-order valence-corrected chi connectivity index (χ4v) is 5.11.